The molecule has 1 saturated carbocycles. The number of benzene rings is 1. The van der Waals surface area contributed by atoms with Crippen molar-refractivity contribution in [1.29, 1.82) is 0 Å². The summed E-state index contributed by atoms with van der Waals surface area (Å²) in [4.78, 5) is 0.323. The summed E-state index contributed by atoms with van der Waals surface area (Å²) < 4.78 is 27.4. The van der Waals surface area contributed by atoms with Crippen molar-refractivity contribution in [3.05, 3.63) is 28.2 Å². The molecule has 0 radical (unpaired) electrons. The molecule has 106 valence electrons. The first kappa shape index (κ1) is 15.3. The summed E-state index contributed by atoms with van der Waals surface area (Å²) in [6.45, 7) is 3.01. The zero-order valence-corrected chi connectivity index (χ0v) is 13.9. The van der Waals surface area contributed by atoms with Crippen LogP contribution in [0.25, 0.3) is 0 Å². The Balaban J connectivity index is 2.31. The summed E-state index contributed by atoms with van der Waals surface area (Å²) >= 11 is 9.09. The lowest BCUT2D eigenvalue weighted by Crippen LogP contribution is -2.33. The number of halogens is 2. The molecule has 1 aliphatic rings. The van der Waals surface area contributed by atoms with E-state index >= 15 is 0 Å². The smallest absolute Gasteiger partial charge is 0.207 e. The number of nitrogens with zero attached hydrogens (tertiary/aromatic N) is 1. The van der Waals surface area contributed by atoms with E-state index in [0.717, 1.165) is 18.4 Å². The third-order valence-electron chi connectivity index (χ3n) is 3.28. The minimum atomic E-state index is -3.42. The van der Waals surface area contributed by atoms with Gasteiger partial charge >= 0.3 is 0 Å². The first-order valence-electron chi connectivity index (χ1n) is 6.33. The molecule has 0 heterocycles. The molecular weight excluding hydrogens is 350 g/mol. The fourth-order valence-electron chi connectivity index (χ4n) is 1.96. The Bertz CT molecular complexity index is 558. The van der Waals surface area contributed by atoms with Gasteiger partial charge in [-0.1, -0.05) is 13.0 Å². The Morgan fingerprint density at radius 2 is 2.11 bits per heavy atom. The van der Waals surface area contributed by atoms with Crippen molar-refractivity contribution in [3.8, 4) is 0 Å². The highest BCUT2D eigenvalue weighted by Crippen LogP contribution is 2.33. The highest BCUT2D eigenvalue weighted by molar-refractivity contribution is 9.10. The maximum absolute atomic E-state index is 12.6. The molecule has 0 saturated heterocycles. The van der Waals surface area contributed by atoms with Gasteiger partial charge in [0.2, 0.25) is 10.0 Å². The molecule has 3 nitrogen and oxygen atoms in total. The second kappa shape index (κ2) is 6.12. The highest BCUT2D eigenvalue weighted by atomic mass is 79.9. The van der Waals surface area contributed by atoms with Crippen molar-refractivity contribution in [2.75, 3.05) is 13.1 Å². The Morgan fingerprint density at radius 1 is 1.42 bits per heavy atom. The number of sulfonamides is 1. The third kappa shape index (κ3) is 3.51. The van der Waals surface area contributed by atoms with Crippen molar-refractivity contribution in [2.45, 2.75) is 30.5 Å². The second-order valence-electron chi connectivity index (χ2n) is 4.80. The van der Waals surface area contributed by atoms with Crippen LogP contribution in [0.4, 0.5) is 0 Å². The van der Waals surface area contributed by atoms with Gasteiger partial charge in [-0.2, -0.15) is 4.31 Å². The Hall–Kier alpha value is -0.100. The van der Waals surface area contributed by atoms with Crippen LogP contribution in [0.2, 0.25) is 0 Å². The van der Waals surface area contributed by atoms with Gasteiger partial charge in [-0.25, -0.2) is 8.42 Å². The van der Waals surface area contributed by atoms with Crippen molar-refractivity contribution < 1.29 is 8.42 Å². The van der Waals surface area contributed by atoms with Gasteiger partial charge in [0.25, 0.3) is 0 Å². The van der Waals surface area contributed by atoms with Gasteiger partial charge in [-0.3, -0.25) is 0 Å². The van der Waals surface area contributed by atoms with E-state index in [-0.39, 0.29) is 0 Å². The van der Waals surface area contributed by atoms with Crippen LogP contribution in [-0.4, -0.2) is 25.8 Å². The molecule has 2 rings (SSSR count). The predicted molar refractivity (Wildman–Crippen MR) is 80.9 cm³/mol. The van der Waals surface area contributed by atoms with Gasteiger partial charge in [0.15, 0.2) is 0 Å². The Morgan fingerprint density at radius 3 is 2.58 bits per heavy atom. The molecule has 0 atom stereocenters. The third-order valence-corrected chi connectivity index (χ3v) is 6.51. The van der Waals surface area contributed by atoms with Crippen LogP contribution in [0, 0.1) is 5.92 Å². The van der Waals surface area contributed by atoms with Crippen LogP contribution in [0.15, 0.2) is 27.6 Å². The van der Waals surface area contributed by atoms with Crippen LogP contribution >= 0.6 is 27.5 Å². The SMILES string of the molecule is CCN(CC1CC1)S(=O)(=O)c1ccc(CCl)cc1Br. The number of hydrogen-bond donors (Lipinski definition) is 0. The fraction of sp³-hybridized carbons (Fsp3) is 0.538. The molecule has 1 aromatic carbocycles. The molecule has 1 aliphatic carbocycles. The average molecular weight is 367 g/mol. The molecule has 0 unspecified atom stereocenters. The molecule has 0 bridgehead atoms. The monoisotopic (exact) mass is 365 g/mol. The van der Waals surface area contributed by atoms with Crippen LogP contribution in [0.5, 0.6) is 0 Å². The minimum absolute atomic E-state index is 0.323. The minimum Gasteiger partial charge on any atom is -0.207 e. The van der Waals surface area contributed by atoms with Gasteiger partial charge in [0, 0.05) is 23.4 Å². The van der Waals surface area contributed by atoms with E-state index < -0.39 is 10.0 Å². The van der Waals surface area contributed by atoms with Crippen LogP contribution in [0.3, 0.4) is 0 Å². The van der Waals surface area contributed by atoms with Gasteiger partial charge < -0.3 is 0 Å². The molecule has 0 N–H and O–H groups in total. The lowest BCUT2D eigenvalue weighted by atomic mass is 10.2. The summed E-state index contributed by atoms with van der Waals surface area (Å²) in [6.07, 6.45) is 2.27. The van der Waals surface area contributed by atoms with Crippen molar-refractivity contribution in [1.82, 2.24) is 4.31 Å². The van der Waals surface area contributed by atoms with Crippen LogP contribution < -0.4 is 0 Å². The van der Waals surface area contributed by atoms with Crippen LogP contribution in [-0.2, 0) is 15.9 Å². The normalized spacial score (nSPS) is 16.0. The Kier molecular flexibility index (Phi) is 4.93. The molecule has 0 aromatic heterocycles. The van der Waals surface area contributed by atoms with E-state index in [1.165, 1.54) is 0 Å². The lowest BCUT2D eigenvalue weighted by molar-refractivity contribution is 0.411. The van der Waals surface area contributed by atoms with E-state index in [4.69, 9.17) is 11.6 Å². The van der Waals surface area contributed by atoms with E-state index in [2.05, 4.69) is 15.9 Å². The summed E-state index contributed by atoms with van der Waals surface area (Å²) in [5.41, 5.74) is 0.901. The van der Waals surface area contributed by atoms with Crippen LogP contribution in [0.1, 0.15) is 25.3 Å². The van der Waals surface area contributed by atoms with Crippen molar-refractivity contribution in [2.24, 2.45) is 5.92 Å². The lowest BCUT2D eigenvalue weighted by Gasteiger charge is -2.21. The van der Waals surface area contributed by atoms with E-state index in [0.29, 0.717) is 34.3 Å². The maximum atomic E-state index is 12.6. The van der Waals surface area contributed by atoms with Gasteiger partial charge in [0.05, 0.1) is 4.90 Å². The summed E-state index contributed by atoms with van der Waals surface area (Å²) in [5, 5.41) is 0. The quantitative estimate of drug-likeness (QED) is 0.721. The molecule has 1 fully saturated rings. The van der Waals surface area contributed by atoms with E-state index in [1.807, 2.05) is 6.92 Å². The number of alkyl halides is 1. The molecule has 19 heavy (non-hydrogen) atoms. The molecular formula is C13H17BrClNO2S. The molecule has 6 heteroatoms. The zero-order chi connectivity index (χ0) is 14.0. The van der Waals surface area contributed by atoms with Gasteiger partial charge in [-0.05, 0) is 52.4 Å². The standard InChI is InChI=1S/C13H17BrClNO2S/c1-2-16(9-10-3-4-10)19(17,18)13-6-5-11(8-15)7-12(13)14/h5-7,10H,2-4,8-9H2,1H3. The number of rotatable bonds is 6. The van der Waals surface area contributed by atoms with Gasteiger partial charge in [0.1, 0.15) is 0 Å². The summed E-state index contributed by atoms with van der Waals surface area (Å²) in [5.74, 6) is 0.911. The summed E-state index contributed by atoms with van der Waals surface area (Å²) in [6, 6.07) is 5.16. The van der Waals surface area contributed by atoms with Crippen molar-refractivity contribution >= 4 is 37.6 Å². The zero-order valence-electron chi connectivity index (χ0n) is 10.8. The molecule has 0 spiro atoms. The summed E-state index contributed by atoms with van der Waals surface area (Å²) in [7, 11) is -3.42. The molecule has 0 amide bonds. The first-order chi connectivity index (χ1) is 8.98. The fourth-order valence-corrected chi connectivity index (χ4v) is 4.74. The number of hydrogen-bond acceptors (Lipinski definition) is 2. The molecule has 0 aliphatic heterocycles. The highest BCUT2D eigenvalue weighted by Gasteiger charge is 2.31. The maximum Gasteiger partial charge on any atom is 0.244 e. The topological polar surface area (TPSA) is 37.4 Å². The average Bonchev–Trinajstić information content (AvgIpc) is 3.19. The molecule has 1 aromatic rings. The largest absolute Gasteiger partial charge is 0.244 e. The van der Waals surface area contributed by atoms with E-state index in [9.17, 15) is 8.42 Å². The van der Waals surface area contributed by atoms with Gasteiger partial charge in [-0.15, -0.1) is 11.6 Å². The first-order valence-corrected chi connectivity index (χ1v) is 9.10. The van der Waals surface area contributed by atoms with E-state index in [1.54, 1.807) is 22.5 Å². The van der Waals surface area contributed by atoms with Crippen molar-refractivity contribution in [3.63, 3.8) is 0 Å². The Labute approximate surface area is 128 Å². The predicted octanol–water partition coefficient (Wildman–Crippen LogP) is 3.61. The second-order valence-corrected chi connectivity index (χ2v) is 7.83.